The van der Waals surface area contributed by atoms with Crippen molar-refractivity contribution < 1.29 is 0 Å². The molecule has 0 aliphatic heterocycles. The summed E-state index contributed by atoms with van der Waals surface area (Å²) in [6.45, 7) is 4.59. The molecule has 1 aromatic carbocycles. The molecule has 1 aromatic rings. The van der Waals surface area contributed by atoms with Gasteiger partial charge in [0.25, 0.3) is 0 Å². The fourth-order valence-electron chi connectivity index (χ4n) is 4.23. The van der Waals surface area contributed by atoms with Crippen LogP contribution in [0.5, 0.6) is 0 Å². The first kappa shape index (κ1) is 20.3. The van der Waals surface area contributed by atoms with E-state index >= 15 is 0 Å². The molecule has 0 radical (unpaired) electrons. The van der Waals surface area contributed by atoms with Crippen LogP contribution >= 0.6 is 0 Å². The van der Waals surface area contributed by atoms with Gasteiger partial charge >= 0.3 is 0 Å². The topological polar surface area (TPSA) is 0 Å². The number of rotatable bonds is 14. The largest absolute Gasteiger partial charge is 0.0732 e. The van der Waals surface area contributed by atoms with Gasteiger partial charge in [0.1, 0.15) is 0 Å². The minimum absolute atomic E-state index is 0.692. The zero-order valence-electron chi connectivity index (χ0n) is 16.9. The third kappa shape index (κ3) is 7.00. The molecule has 2 rings (SSSR count). The number of allylic oxidation sites excluding steroid dienone is 2. The minimum Gasteiger partial charge on any atom is -0.0732 e. The third-order valence-corrected chi connectivity index (χ3v) is 5.78. The van der Waals surface area contributed by atoms with Crippen LogP contribution in [0.2, 0.25) is 0 Å². The van der Waals surface area contributed by atoms with E-state index in [4.69, 9.17) is 0 Å². The van der Waals surface area contributed by atoms with Crippen molar-refractivity contribution in [1.82, 2.24) is 0 Å². The second-order valence-electron chi connectivity index (χ2n) is 7.96. The molecule has 1 aliphatic carbocycles. The van der Waals surface area contributed by atoms with Crippen molar-refractivity contribution in [3.05, 3.63) is 41.5 Å². The average molecular weight is 341 g/mol. The van der Waals surface area contributed by atoms with Crippen molar-refractivity contribution in [3.63, 3.8) is 0 Å². The molecule has 0 spiro atoms. The molecule has 0 saturated carbocycles. The van der Waals surface area contributed by atoms with Gasteiger partial charge in [-0.1, -0.05) is 115 Å². The van der Waals surface area contributed by atoms with Crippen molar-refractivity contribution in [1.29, 1.82) is 0 Å². The maximum absolute atomic E-state index is 2.61. The quantitative estimate of drug-likeness (QED) is 0.297. The Labute approximate surface area is 157 Å². The van der Waals surface area contributed by atoms with Crippen LogP contribution < -0.4 is 0 Å². The highest BCUT2D eigenvalue weighted by Gasteiger charge is 2.21. The van der Waals surface area contributed by atoms with E-state index in [-0.39, 0.29) is 0 Å². The van der Waals surface area contributed by atoms with Crippen molar-refractivity contribution in [3.8, 4) is 0 Å². The highest BCUT2D eigenvalue weighted by atomic mass is 14.3. The summed E-state index contributed by atoms with van der Waals surface area (Å²) in [6.07, 6.45) is 22.0. The molecule has 0 aromatic heterocycles. The summed E-state index contributed by atoms with van der Waals surface area (Å²) in [5.41, 5.74) is 4.81. The lowest BCUT2D eigenvalue weighted by molar-refractivity contribution is 0.574. The van der Waals surface area contributed by atoms with E-state index in [0.717, 1.165) is 0 Å². The SMILES string of the molecule is CCCCCCCCC1=CC(CCCCCCCC)c2ccccc21. The standard InChI is InChI=1S/C25H40/c1-3-5-7-9-11-13-17-22-21-23(18-14-12-10-8-6-4-2)25-20-16-15-19-24(22)25/h15-16,19-22H,3-14,17-18H2,1-2H3. The summed E-state index contributed by atoms with van der Waals surface area (Å²) in [6, 6.07) is 9.19. The maximum Gasteiger partial charge on any atom is 0.00300 e. The highest BCUT2D eigenvalue weighted by Crippen LogP contribution is 2.40. The molecule has 0 fully saturated rings. The second-order valence-corrected chi connectivity index (χ2v) is 7.96. The van der Waals surface area contributed by atoms with Crippen LogP contribution in [0.3, 0.4) is 0 Å². The summed E-state index contributed by atoms with van der Waals surface area (Å²) in [5.74, 6) is 0.692. The first-order valence-electron chi connectivity index (χ1n) is 11.2. The predicted molar refractivity (Wildman–Crippen MR) is 113 cm³/mol. The van der Waals surface area contributed by atoms with Crippen LogP contribution in [0.4, 0.5) is 0 Å². The summed E-state index contributed by atoms with van der Waals surface area (Å²) in [4.78, 5) is 0. The zero-order valence-corrected chi connectivity index (χ0v) is 16.9. The molecular formula is C25H40. The fourth-order valence-corrected chi connectivity index (χ4v) is 4.23. The molecule has 25 heavy (non-hydrogen) atoms. The molecule has 0 heteroatoms. The molecule has 0 heterocycles. The van der Waals surface area contributed by atoms with Crippen molar-refractivity contribution in [2.45, 2.75) is 110 Å². The van der Waals surface area contributed by atoms with Gasteiger partial charge in [-0.15, -0.1) is 0 Å². The Kier molecular flexibility index (Phi) is 10.0. The second kappa shape index (κ2) is 12.3. The predicted octanol–water partition coefficient (Wildman–Crippen LogP) is 8.67. The van der Waals surface area contributed by atoms with Crippen molar-refractivity contribution >= 4 is 5.57 Å². The first-order chi connectivity index (χ1) is 12.4. The molecule has 0 saturated heterocycles. The van der Waals surface area contributed by atoms with Gasteiger partial charge in [-0.05, 0) is 36.0 Å². The lowest BCUT2D eigenvalue weighted by atomic mass is 9.94. The summed E-state index contributed by atoms with van der Waals surface area (Å²) in [5, 5.41) is 0. The van der Waals surface area contributed by atoms with Crippen LogP contribution in [-0.4, -0.2) is 0 Å². The van der Waals surface area contributed by atoms with Crippen LogP contribution in [0.1, 0.15) is 121 Å². The van der Waals surface area contributed by atoms with E-state index in [1.807, 2.05) is 0 Å². The average Bonchev–Trinajstić information content (AvgIpc) is 2.99. The molecular weight excluding hydrogens is 300 g/mol. The van der Waals surface area contributed by atoms with Gasteiger partial charge in [0.15, 0.2) is 0 Å². The Hall–Kier alpha value is -1.04. The zero-order chi connectivity index (χ0) is 17.7. The molecule has 1 unspecified atom stereocenters. The molecule has 0 bridgehead atoms. The lowest BCUT2D eigenvalue weighted by Crippen LogP contribution is -1.93. The van der Waals surface area contributed by atoms with E-state index < -0.39 is 0 Å². The first-order valence-corrected chi connectivity index (χ1v) is 11.2. The smallest absolute Gasteiger partial charge is 0.00300 e. The number of benzene rings is 1. The van der Waals surface area contributed by atoms with Gasteiger partial charge in [0, 0.05) is 5.92 Å². The van der Waals surface area contributed by atoms with Crippen molar-refractivity contribution in [2.75, 3.05) is 0 Å². The fraction of sp³-hybridized carbons (Fsp3) is 0.680. The number of unbranched alkanes of at least 4 members (excludes halogenated alkanes) is 10. The van der Waals surface area contributed by atoms with Crippen LogP contribution in [0, 0.1) is 0 Å². The lowest BCUT2D eigenvalue weighted by Gasteiger charge is -2.10. The monoisotopic (exact) mass is 340 g/mol. The Bertz CT molecular complexity index is 497. The van der Waals surface area contributed by atoms with Gasteiger partial charge in [0.05, 0.1) is 0 Å². The summed E-state index contributed by atoms with van der Waals surface area (Å²) < 4.78 is 0. The Balaban J connectivity index is 1.77. The maximum atomic E-state index is 2.61. The molecule has 0 N–H and O–H groups in total. The van der Waals surface area contributed by atoms with E-state index in [1.54, 1.807) is 16.7 Å². The third-order valence-electron chi connectivity index (χ3n) is 5.78. The molecule has 0 amide bonds. The minimum atomic E-state index is 0.692. The number of fused-ring (bicyclic) bond motifs is 1. The van der Waals surface area contributed by atoms with Crippen molar-refractivity contribution in [2.24, 2.45) is 0 Å². The van der Waals surface area contributed by atoms with Crippen LogP contribution in [0.25, 0.3) is 5.57 Å². The van der Waals surface area contributed by atoms with E-state index in [0.29, 0.717) is 5.92 Å². The van der Waals surface area contributed by atoms with Gasteiger partial charge < -0.3 is 0 Å². The van der Waals surface area contributed by atoms with Gasteiger partial charge in [0.2, 0.25) is 0 Å². The number of hydrogen-bond acceptors (Lipinski definition) is 0. The Morgan fingerprint density at radius 2 is 1.28 bits per heavy atom. The van der Waals surface area contributed by atoms with Crippen LogP contribution in [-0.2, 0) is 0 Å². The summed E-state index contributed by atoms with van der Waals surface area (Å²) >= 11 is 0. The van der Waals surface area contributed by atoms with E-state index in [2.05, 4.69) is 44.2 Å². The van der Waals surface area contributed by atoms with Gasteiger partial charge in [-0.3, -0.25) is 0 Å². The molecule has 1 aliphatic rings. The Morgan fingerprint density at radius 1 is 0.680 bits per heavy atom. The number of hydrogen-bond donors (Lipinski definition) is 0. The van der Waals surface area contributed by atoms with E-state index in [1.165, 1.54) is 89.9 Å². The van der Waals surface area contributed by atoms with Gasteiger partial charge in [-0.25, -0.2) is 0 Å². The molecule has 1 atom stereocenters. The van der Waals surface area contributed by atoms with Gasteiger partial charge in [-0.2, -0.15) is 0 Å². The molecule has 0 nitrogen and oxygen atoms in total. The Morgan fingerprint density at radius 3 is 2.00 bits per heavy atom. The molecule has 140 valence electrons. The van der Waals surface area contributed by atoms with Crippen LogP contribution in [0.15, 0.2) is 30.3 Å². The van der Waals surface area contributed by atoms with E-state index in [9.17, 15) is 0 Å². The highest BCUT2D eigenvalue weighted by molar-refractivity contribution is 5.74. The summed E-state index contributed by atoms with van der Waals surface area (Å²) in [7, 11) is 0. The normalized spacial score (nSPS) is 16.1.